The lowest BCUT2D eigenvalue weighted by Gasteiger charge is -2.23. The van der Waals surface area contributed by atoms with Gasteiger partial charge < -0.3 is 25.1 Å². The number of carbonyl (C=O) groups excluding carboxylic acids is 1. The van der Waals surface area contributed by atoms with Crippen molar-refractivity contribution in [3.63, 3.8) is 0 Å². The Morgan fingerprint density at radius 1 is 1.29 bits per heavy atom. The molecule has 0 radical (unpaired) electrons. The van der Waals surface area contributed by atoms with E-state index in [1.165, 1.54) is 6.08 Å². The lowest BCUT2D eigenvalue weighted by atomic mass is 10.0. The van der Waals surface area contributed by atoms with Gasteiger partial charge in [-0.2, -0.15) is 0 Å². The first-order chi connectivity index (χ1) is 14.8. The minimum atomic E-state index is -1.49. The van der Waals surface area contributed by atoms with E-state index in [0.29, 0.717) is 36.3 Å². The summed E-state index contributed by atoms with van der Waals surface area (Å²) < 4.78 is 0. The van der Waals surface area contributed by atoms with Gasteiger partial charge >= 0.3 is 0 Å². The average molecular weight is 423 g/mol. The third-order valence-electron chi connectivity index (χ3n) is 6.30. The van der Waals surface area contributed by atoms with Crippen molar-refractivity contribution < 1.29 is 9.90 Å². The molecular weight excluding hydrogens is 392 g/mol. The van der Waals surface area contributed by atoms with E-state index < -0.39 is 5.60 Å². The second kappa shape index (κ2) is 8.28. The summed E-state index contributed by atoms with van der Waals surface area (Å²) in [6.45, 7) is 8.15. The first kappa shape index (κ1) is 21.3. The van der Waals surface area contributed by atoms with Crippen LogP contribution in [0.3, 0.4) is 0 Å². The first-order valence-corrected chi connectivity index (χ1v) is 10.6. The van der Waals surface area contributed by atoms with E-state index >= 15 is 0 Å². The topological polar surface area (TPSA) is 84.8 Å². The zero-order chi connectivity index (χ0) is 22.2. The summed E-state index contributed by atoms with van der Waals surface area (Å²) in [5.74, 6) is 0.928. The van der Waals surface area contributed by atoms with Gasteiger partial charge in [0.1, 0.15) is 11.6 Å². The van der Waals surface area contributed by atoms with E-state index in [1.54, 1.807) is 23.2 Å². The van der Waals surface area contributed by atoms with E-state index in [0.717, 1.165) is 30.8 Å². The lowest BCUT2D eigenvalue weighted by molar-refractivity contribution is -0.129. The number of nitrogens with one attached hydrogen (secondary N) is 1. The maximum Gasteiger partial charge on any atom is 0.263 e. The van der Waals surface area contributed by atoms with E-state index in [4.69, 9.17) is 0 Å². The van der Waals surface area contributed by atoms with Gasteiger partial charge in [0.2, 0.25) is 0 Å². The molecule has 0 unspecified atom stereocenters. The molecule has 2 N–H and O–H groups in total. The minimum absolute atomic E-state index is 0.327. The third kappa shape index (κ3) is 4.13. The molecule has 2 saturated heterocycles. The maximum absolute atomic E-state index is 12.5. The van der Waals surface area contributed by atoms with Crippen molar-refractivity contribution in [2.24, 2.45) is 0 Å². The van der Waals surface area contributed by atoms with Gasteiger partial charge in [0, 0.05) is 50.0 Å². The van der Waals surface area contributed by atoms with E-state index in [-0.39, 0.29) is 5.91 Å². The molecule has 2 fully saturated rings. The van der Waals surface area contributed by atoms with Gasteiger partial charge in [-0.15, -0.1) is 0 Å². The highest BCUT2D eigenvalue weighted by Crippen LogP contribution is 2.31. The van der Waals surface area contributed by atoms with Crippen LogP contribution < -0.4 is 15.1 Å². The summed E-state index contributed by atoms with van der Waals surface area (Å²) in [7, 11) is 4.25. The number of likely N-dealkylation sites (N-methyl/N-ethyl adjacent to an activating group) is 1. The van der Waals surface area contributed by atoms with Crippen molar-refractivity contribution in [3.8, 4) is 0 Å². The predicted octanol–water partition coefficient (Wildman–Crippen LogP) is 2.32. The van der Waals surface area contributed by atoms with Gasteiger partial charge in [0.25, 0.3) is 5.91 Å². The smallest absolute Gasteiger partial charge is 0.263 e. The number of pyridine rings is 2. The van der Waals surface area contributed by atoms with Crippen LogP contribution in [0.4, 0.5) is 23.0 Å². The molecule has 0 bridgehead atoms. The fourth-order valence-electron chi connectivity index (χ4n) is 4.28. The van der Waals surface area contributed by atoms with Crippen LogP contribution >= 0.6 is 0 Å². The van der Waals surface area contributed by atoms with E-state index in [1.807, 2.05) is 12.3 Å². The van der Waals surface area contributed by atoms with Gasteiger partial charge in [0.05, 0.1) is 11.9 Å². The number of anilines is 4. The molecule has 0 aliphatic carbocycles. The Bertz CT molecular complexity index is 994. The predicted molar refractivity (Wildman–Crippen MR) is 123 cm³/mol. The Kier molecular flexibility index (Phi) is 5.68. The third-order valence-corrected chi connectivity index (χ3v) is 6.30. The number of hydrogen-bond acceptors (Lipinski definition) is 7. The number of aliphatic hydroxyl groups is 1. The van der Waals surface area contributed by atoms with Crippen LogP contribution in [0.15, 0.2) is 43.2 Å². The molecule has 1 amide bonds. The molecule has 2 atom stereocenters. The molecule has 8 nitrogen and oxygen atoms in total. The second-order valence-electron chi connectivity index (χ2n) is 8.57. The van der Waals surface area contributed by atoms with Crippen molar-refractivity contribution in [3.05, 3.63) is 48.8 Å². The molecule has 2 aromatic rings. The summed E-state index contributed by atoms with van der Waals surface area (Å²) in [6, 6.07) is 6.13. The van der Waals surface area contributed by atoms with Crippen molar-refractivity contribution in [2.75, 3.05) is 48.8 Å². The highest BCUT2D eigenvalue weighted by molar-refractivity contribution is 6.03. The molecule has 2 aromatic heterocycles. The quantitative estimate of drug-likeness (QED) is 0.691. The number of amides is 1. The zero-order valence-electron chi connectivity index (χ0n) is 18.4. The summed E-state index contributed by atoms with van der Waals surface area (Å²) in [5.41, 5.74) is 1.49. The zero-order valence-corrected chi connectivity index (χ0v) is 18.4. The van der Waals surface area contributed by atoms with Crippen LogP contribution in [0.1, 0.15) is 18.4 Å². The summed E-state index contributed by atoms with van der Waals surface area (Å²) in [4.78, 5) is 27.7. The second-order valence-corrected chi connectivity index (χ2v) is 8.57. The summed E-state index contributed by atoms with van der Waals surface area (Å²) in [6.07, 6.45) is 6.34. The van der Waals surface area contributed by atoms with Crippen LogP contribution in [0, 0.1) is 6.92 Å². The number of hydrogen-bond donors (Lipinski definition) is 2. The fraction of sp³-hybridized carbons (Fsp3) is 0.435. The number of rotatable bonds is 6. The van der Waals surface area contributed by atoms with E-state index in [2.05, 4.69) is 52.7 Å². The van der Waals surface area contributed by atoms with Crippen LogP contribution in [-0.4, -0.2) is 71.3 Å². The van der Waals surface area contributed by atoms with Crippen molar-refractivity contribution in [1.29, 1.82) is 0 Å². The van der Waals surface area contributed by atoms with Crippen LogP contribution in [0.5, 0.6) is 0 Å². The SMILES string of the molecule is C=C[C@@]1(O)CCN(c2ccnc(Nc3cc(C)c(N4CC[C@H](N(C)C)C4)cn3)c2)C1=O. The van der Waals surface area contributed by atoms with E-state index in [9.17, 15) is 9.90 Å². The highest BCUT2D eigenvalue weighted by atomic mass is 16.3. The minimum Gasteiger partial charge on any atom is -0.376 e. The molecule has 31 heavy (non-hydrogen) atoms. The molecule has 2 aliphatic heterocycles. The molecule has 8 heteroatoms. The normalized spacial score (nSPS) is 23.6. The van der Waals surface area contributed by atoms with Gasteiger partial charge in [-0.25, -0.2) is 9.97 Å². The van der Waals surface area contributed by atoms with Crippen molar-refractivity contribution in [2.45, 2.75) is 31.4 Å². The van der Waals surface area contributed by atoms with Gasteiger partial charge in [0.15, 0.2) is 5.60 Å². The number of carbonyl (C=O) groups is 1. The van der Waals surface area contributed by atoms with Crippen molar-refractivity contribution in [1.82, 2.24) is 14.9 Å². The average Bonchev–Trinajstić information content (AvgIpc) is 3.35. The molecule has 164 valence electrons. The number of aryl methyl sites for hydroxylation is 1. The summed E-state index contributed by atoms with van der Waals surface area (Å²) in [5, 5.41) is 13.6. The molecule has 0 spiro atoms. The number of nitrogens with zero attached hydrogens (tertiary/aromatic N) is 5. The largest absolute Gasteiger partial charge is 0.376 e. The molecular formula is C23H30N6O2. The first-order valence-electron chi connectivity index (χ1n) is 10.6. The maximum atomic E-state index is 12.5. The lowest BCUT2D eigenvalue weighted by Crippen LogP contribution is -2.38. The Balaban J connectivity index is 1.48. The molecule has 0 saturated carbocycles. The van der Waals surface area contributed by atoms with Gasteiger partial charge in [-0.05, 0) is 45.1 Å². The summed E-state index contributed by atoms with van der Waals surface area (Å²) >= 11 is 0. The molecule has 4 heterocycles. The Morgan fingerprint density at radius 3 is 2.71 bits per heavy atom. The standard InChI is InChI=1S/C23H30N6O2/c1-5-23(31)8-11-29(22(23)30)17-6-9-24-21(13-17)26-20-12-16(2)19(14-25-20)28-10-7-18(15-28)27(3)4/h5-6,9,12-14,18,31H,1,7-8,10-11,15H2,2-4H3,(H,24,25,26)/t18-,23+/m0/s1. The highest BCUT2D eigenvalue weighted by Gasteiger charge is 2.43. The Morgan fingerprint density at radius 2 is 2.06 bits per heavy atom. The van der Waals surface area contributed by atoms with Gasteiger partial charge in [-0.3, -0.25) is 4.79 Å². The Hall–Kier alpha value is -2.97. The van der Waals surface area contributed by atoms with Gasteiger partial charge in [-0.1, -0.05) is 12.7 Å². The molecule has 0 aromatic carbocycles. The molecule has 2 aliphatic rings. The monoisotopic (exact) mass is 422 g/mol. The van der Waals surface area contributed by atoms with Crippen LogP contribution in [-0.2, 0) is 4.79 Å². The fourth-order valence-corrected chi connectivity index (χ4v) is 4.28. The van der Waals surface area contributed by atoms with Crippen molar-refractivity contribution >= 4 is 28.9 Å². The van der Waals surface area contributed by atoms with Crippen LogP contribution in [0.25, 0.3) is 0 Å². The Labute approximate surface area is 183 Å². The number of aromatic nitrogens is 2. The van der Waals surface area contributed by atoms with Crippen LogP contribution in [0.2, 0.25) is 0 Å². The molecule has 4 rings (SSSR count).